The first-order valence-corrected chi connectivity index (χ1v) is 9.43. The monoisotopic (exact) mass is 380 g/mol. The molecule has 0 spiro atoms. The van der Waals surface area contributed by atoms with Gasteiger partial charge in [-0.1, -0.05) is 0 Å². The highest BCUT2D eigenvalue weighted by atomic mass is 16.3. The molecule has 8 nitrogen and oxygen atoms in total. The van der Waals surface area contributed by atoms with Crippen LogP contribution < -0.4 is 5.32 Å². The second-order valence-electron chi connectivity index (χ2n) is 7.31. The van der Waals surface area contributed by atoms with Gasteiger partial charge in [-0.2, -0.15) is 5.10 Å². The van der Waals surface area contributed by atoms with E-state index in [0.29, 0.717) is 11.5 Å². The molecule has 2 N–H and O–H groups in total. The third-order valence-corrected chi connectivity index (χ3v) is 5.40. The number of hydrogen-bond donors (Lipinski definition) is 2. The maximum Gasteiger partial charge on any atom is 0.228 e. The van der Waals surface area contributed by atoms with Gasteiger partial charge in [0, 0.05) is 36.2 Å². The molecule has 0 saturated carbocycles. The van der Waals surface area contributed by atoms with Crippen LogP contribution in [0.4, 0.5) is 5.82 Å². The number of likely N-dealkylation sites (tertiary alicyclic amines) is 1. The van der Waals surface area contributed by atoms with Crippen molar-refractivity contribution in [1.29, 1.82) is 0 Å². The van der Waals surface area contributed by atoms with E-state index in [2.05, 4.69) is 27.3 Å². The van der Waals surface area contributed by atoms with Crippen LogP contribution in [0.5, 0.6) is 0 Å². The third-order valence-electron chi connectivity index (χ3n) is 5.40. The molecule has 4 heterocycles. The van der Waals surface area contributed by atoms with Crippen molar-refractivity contribution >= 4 is 22.6 Å². The number of rotatable bonds is 4. The van der Waals surface area contributed by atoms with Crippen molar-refractivity contribution in [2.75, 3.05) is 25.5 Å². The van der Waals surface area contributed by atoms with Gasteiger partial charge < -0.3 is 15.3 Å². The molecule has 0 bridgehead atoms. The number of hydrogen-bond acceptors (Lipinski definition) is 6. The quantitative estimate of drug-likeness (QED) is 0.717. The van der Waals surface area contributed by atoms with Crippen molar-refractivity contribution in [2.24, 2.45) is 13.0 Å². The van der Waals surface area contributed by atoms with Gasteiger partial charge in [0.2, 0.25) is 5.91 Å². The van der Waals surface area contributed by atoms with Crippen molar-refractivity contribution < 1.29 is 9.90 Å². The van der Waals surface area contributed by atoms with Gasteiger partial charge in [0.15, 0.2) is 0 Å². The average molecular weight is 380 g/mol. The Morgan fingerprint density at radius 2 is 2.04 bits per heavy atom. The predicted octanol–water partition coefficient (Wildman–Crippen LogP) is 1.80. The lowest BCUT2D eigenvalue weighted by molar-refractivity contribution is -0.121. The predicted molar refractivity (Wildman–Crippen MR) is 107 cm³/mol. The van der Waals surface area contributed by atoms with Crippen molar-refractivity contribution in [2.45, 2.75) is 19.4 Å². The topological polar surface area (TPSA) is 96.2 Å². The molecule has 28 heavy (non-hydrogen) atoms. The first-order valence-electron chi connectivity index (χ1n) is 9.43. The summed E-state index contributed by atoms with van der Waals surface area (Å²) in [6.45, 7) is 1.76. The number of anilines is 1. The highest BCUT2D eigenvalue weighted by molar-refractivity contribution is 5.93. The van der Waals surface area contributed by atoms with Crippen molar-refractivity contribution in [1.82, 2.24) is 24.6 Å². The molecular formula is C20H24N6O2. The molecule has 1 amide bonds. The zero-order chi connectivity index (χ0) is 19.7. The SMILES string of the molecule is CN1CCC(C(=O)Nc2cc3nc(-c4cnn(C)c4CO)ccc3cn2)CC1. The summed E-state index contributed by atoms with van der Waals surface area (Å²) in [4.78, 5) is 23.8. The number of aliphatic hydroxyl groups excluding tert-OH is 1. The van der Waals surface area contributed by atoms with E-state index in [0.717, 1.165) is 48.1 Å². The summed E-state index contributed by atoms with van der Waals surface area (Å²) in [5, 5.41) is 17.6. The largest absolute Gasteiger partial charge is 0.390 e. The maximum absolute atomic E-state index is 12.6. The van der Waals surface area contributed by atoms with Gasteiger partial charge in [-0.05, 0) is 45.1 Å². The van der Waals surface area contributed by atoms with Crippen LogP contribution in [0.1, 0.15) is 18.5 Å². The number of carbonyl (C=O) groups excluding carboxylic acids is 1. The molecule has 0 atom stereocenters. The highest BCUT2D eigenvalue weighted by Gasteiger charge is 2.23. The van der Waals surface area contributed by atoms with E-state index in [9.17, 15) is 9.90 Å². The van der Waals surface area contributed by atoms with E-state index >= 15 is 0 Å². The smallest absolute Gasteiger partial charge is 0.228 e. The van der Waals surface area contributed by atoms with Gasteiger partial charge in [0.05, 0.1) is 29.7 Å². The Morgan fingerprint density at radius 3 is 2.79 bits per heavy atom. The Balaban J connectivity index is 1.58. The average Bonchev–Trinajstić information content (AvgIpc) is 3.08. The number of aromatic nitrogens is 4. The van der Waals surface area contributed by atoms with Crippen LogP contribution in [0.25, 0.3) is 22.2 Å². The van der Waals surface area contributed by atoms with Gasteiger partial charge in [-0.3, -0.25) is 9.48 Å². The van der Waals surface area contributed by atoms with E-state index in [1.807, 2.05) is 12.1 Å². The first-order chi connectivity index (χ1) is 13.5. The number of aryl methyl sites for hydroxylation is 1. The second-order valence-corrected chi connectivity index (χ2v) is 7.31. The molecule has 4 rings (SSSR count). The van der Waals surface area contributed by atoms with Crippen LogP contribution in [0, 0.1) is 5.92 Å². The summed E-state index contributed by atoms with van der Waals surface area (Å²) >= 11 is 0. The minimum absolute atomic E-state index is 0.0194. The molecule has 0 aliphatic carbocycles. The number of carbonyl (C=O) groups is 1. The summed E-state index contributed by atoms with van der Waals surface area (Å²) in [5.74, 6) is 0.552. The number of amides is 1. The molecule has 8 heteroatoms. The van der Waals surface area contributed by atoms with Gasteiger partial charge in [0.1, 0.15) is 5.82 Å². The molecule has 1 aliphatic heterocycles. The highest BCUT2D eigenvalue weighted by Crippen LogP contribution is 2.25. The third kappa shape index (κ3) is 3.61. The molecule has 1 aliphatic rings. The van der Waals surface area contributed by atoms with Gasteiger partial charge in [-0.15, -0.1) is 0 Å². The van der Waals surface area contributed by atoms with Crippen molar-refractivity contribution in [3.05, 3.63) is 36.3 Å². The van der Waals surface area contributed by atoms with Crippen LogP contribution in [0.3, 0.4) is 0 Å². The Morgan fingerprint density at radius 1 is 1.25 bits per heavy atom. The molecule has 1 saturated heterocycles. The standard InChI is InChI=1S/C20H24N6O2/c1-25-7-5-13(6-8-25)20(28)24-19-9-17-14(10-21-19)3-4-16(23-17)15-11-22-26(2)18(15)12-27/h3-4,9-11,13,27H,5-8,12H2,1-2H3,(H,21,24,28). The minimum atomic E-state index is -0.111. The van der Waals surface area contributed by atoms with Crippen molar-refractivity contribution in [3.63, 3.8) is 0 Å². The lowest BCUT2D eigenvalue weighted by atomic mass is 9.96. The van der Waals surface area contributed by atoms with E-state index < -0.39 is 0 Å². The van der Waals surface area contributed by atoms with Crippen LogP contribution in [-0.4, -0.2) is 55.8 Å². The molecular weight excluding hydrogens is 356 g/mol. The summed E-state index contributed by atoms with van der Waals surface area (Å²) in [5.41, 5.74) is 2.96. The summed E-state index contributed by atoms with van der Waals surface area (Å²) < 4.78 is 1.64. The Labute approximate surface area is 163 Å². The summed E-state index contributed by atoms with van der Waals surface area (Å²) in [7, 11) is 3.86. The molecule has 0 aromatic carbocycles. The molecule has 1 fully saturated rings. The normalized spacial score (nSPS) is 15.8. The summed E-state index contributed by atoms with van der Waals surface area (Å²) in [6.07, 6.45) is 5.14. The second kappa shape index (κ2) is 7.65. The van der Waals surface area contributed by atoms with Gasteiger partial charge >= 0.3 is 0 Å². The lowest BCUT2D eigenvalue weighted by Gasteiger charge is -2.27. The molecule has 3 aromatic rings. The molecule has 0 radical (unpaired) electrons. The first kappa shape index (κ1) is 18.5. The number of pyridine rings is 2. The van der Waals surface area contributed by atoms with E-state index in [1.54, 1.807) is 30.2 Å². The molecule has 0 unspecified atom stereocenters. The molecule has 3 aromatic heterocycles. The number of aliphatic hydroxyl groups is 1. The Bertz CT molecular complexity index is 1010. The fraction of sp³-hybridized carbons (Fsp3) is 0.400. The minimum Gasteiger partial charge on any atom is -0.390 e. The summed E-state index contributed by atoms with van der Waals surface area (Å²) in [6, 6.07) is 5.61. The zero-order valence-electron chi connectivity index (χ0n) is 16.1. The Hall–Kier alpha value is -2.84. The van der Waals surface area contributed by atoms with E-state index in [-0.39, 0.29) is 18.4 Å². The number of fused-ring (bicyclic) bond motifs is 1. The maximum atomic E-state index is 12.6. The van der Waals surface area contributed by atoms with Crippen LogP contribution >= 0.6 is 0 Å². The van der Waals surface area contributed by atoms with Gasteiger partial charge in [0.25, 0.3) is 0 Å². The lowest BCUT2D eigenvalue weighted by Crippen LogP contribution is -2.36. The van der Waals surface area contributed by atoms with Crippen LogP contribution in [0.2, 0.25) is 0 Å². The molecule has 146 valence electrons. The fourth-order valence-corrected chi connectivity index (χ4v) is 3.60. The zero-order valence-corrected chi connectivity index (χ0v) is 16.1. The number of nitrogens with zero attached hydrogens (tertiary/aromatic N) is 5. The van der Waals surface area contributed by atoms with Crippen molar-refractivity contribution in [3.8, 4) is 11.3 Å². The van der Waals surface area contributed by atoms with E-state index in [1.165, 1.54) is 0 Å². The van der Waals surface area contributed by atoms with Crippen LogP contribution in [0.15, 0.2) is 30.6 Å². The fourth-order valence-electron chi connectivity index (χ4n) is 3.60. The number of piperidine rings is 1. The van der Waals surface area contributed by atoms with Crippen LogP contribution in [-0.2, 0) is 18.4 Å². The van der Waals surface area contributed by atoms with Gasteiger partial charge in [-0.25, -0.2) is 9.97 Å². The Kier molecular flexibility index (Phi) is 5.06. The van der Waals surface area contributed by atoms with E-state index in [4.69, 9.17) is 4.98 Å². The number of nitrogens with one attached hydrogen (secondary N) is 1.